The molecular formula is C11H11F2NO2. The molecule has 0 saturated carbocycles. The van der Waals surface area contributed by atoms with Gasteiger partial charge in [-0.15, -0.1) is 0 Å². The highest BCUT2D eigenvalue weighted by Gasteiger charge is 2.02. The molecule has 0 saturated heterocycles. The third kappa shape index (κ3) is 4.18. The Morgan fingerprint density at radius 1 is 1.44 bits per heavy atom. The second kappa shape index (κ2) is 5.97. The molecule has 0 heterocycles. The SMILES string of the molecule is O=C(O)/C=C/CNCc1ccc(F)cc1F. The maximum atomic E-state index is 13.1. The molecule has 0 amide bonds. The van der Waals surface area contributed by atoms with E-state index in [9.17, 15) is 13.6 Å². The Hall–Kier alpha value is -1.75. The van der Waals surface area contributed by atoms with Crippen molar-refractivity contribution in [3.05, 3.63) is 47.5 Å². The second-order valence-corrected chi connectivity index (χ2v) is 3.11. The fraction of sp³-hybridized carbons (Fsp3) is 0.182. The first-order valence-corrected chi connectivity index (χ1v) is 4.63. The molecule has 0 bridgehead atoms. The van der Waals surface area contributed by atoms with Crippen molar-refractivity contribution in [2.45, 2.75) is 6.54 Å². The van der Waals surface area contributed by atoms with E-state index in [0.29, 0.717) is 12.1 Å². The zero-order chi connectivity index (χ0) is 12.0. The molecule has 0 atom stereocenters. The largest absolute Gasteiger partial charge is 0.478 e. The summed E-state index contributed by atoms with van der Waals surface area (Å²) in [6.45, 7) is 0.527. The van der Waals surface area contributed by atoms with Gasteiger partial charge in [0.25, 0.3) is 0 Å². The minimum Gasteiger partial charge on any atom is -0.478 e. The van der Waals surface area contributed by atoms with Crippen LogP contribution >= 0.6 is 0 Å². The molecule has 1 rings (SSSR count). The van der Waals surface area contributed by atoms with E-state index < -0.39 is 17.6 Å². The van der Waals surface area contributed by atoms with E-state index in [1.807, 2.05) is 0 Å². The lowest BCUT2D eigenvalue weighted by atomic mass is 10.2. The Labute approximate surface area is 91.4 Å². The van der Waals surface area contributed by atoms with Gasteiger partial charge in [0.05, 0.1) is 0 Å². The van der Waals surface area contributed by atoms with Crippen LogP contribution in [0.1, 0.15) is 5.56 Å². The number of nitrogens with one attached hydrogen (secondary N) is 1. The van der Waals surface area contributed by atoms with Crippen LogP contribution in [0.3, 0.4) is 0 Å². The van der Waals surface area contributed by atoms with Gasteiger partial charge in [-0.3, -0.25) is 0 Å². The highest BCUT2D eigenvalue weighted by Crippen LogP contribution is 2.08. The summed E-state index contributed by atoms with van der Waals surface area (Å²) >= 11 is 0. The minimum atomic E-state index is -1.03. The summed E-state index contributed by atoms with van der Waals surface area (Å²) in [7, 11) is 0. The Morgan fingerprint density at radius 3 is 2.81 bits per heavy atom. The van der Waals surface area contributed by atoms with Gasteiger partial charge >= 0.3 is 5.97 Å². The van der Waals surface area contributed by atoms with Gasteiger partial charge in [-0.25, -0.2) is 13.6 Å². The van der Waals surface area contributed by atoms with E-state index in [0.717, 1.165) is 12.1 Å². The fourth-order valence-corrected chi connectivity index (χ4v) is 1.11. The number of carboxylic acid groups (broad SMARTS) is 1. The maximum absolute atomic E-state index is 13.1. The number of benzene rings is 1. The topological polar surface area (TPSA) is 49.3 Å². The third-order valence-corrected chi connectivity index (χ3v) is 1.85. The highest BCUT2D eigenvalue weighted by molar-refractivity contribution is 5.79. The van der Waals surface area contributed by atoms with E-state index >= 15 is 0 Å². The maximum Gasteiger partial charge on any atom is 0.328 e. The number of halogens is 2. The van der Waals surface area contributed by atoms with Crippen LogP contribution in [0.4, 0.5) is 8.78 Å². The van der Waals surface area contributed by atoms with Crippen LogP contribution in [0.25, 0.3) is 0 Å². The van der Waals surface area contributed by atoms with Crippen molar-refractivity contribution in [3.8, 4) is 0 Å². The smallest absolute Gasteiger partial charge is 0.328 e. The summed E-state index contributed by atoms with van der Waals surface area (Å²) in [6, 6.07) is 3.33. The van der Waals surface area contributed by atoms with E-state index in [2.05, 4.69) is 5.32 Å². The number of carboxylic acids is 1. The average Bonchev–Trinajstić information content (AvgIpc) is 2.20. The number of rotatable bonds is 5. The minimum absolute atomic E-state index is 0.218. The van der Waals surface area contributed by atoms with Gasteiger partial charge in [-0.05, 0) is 6.07 Å². The van der Waals surface area contributed by atoms with Crippen molar-refractivity contribution in [2.24, 2.45) is 0 Å². The molecule has 0 unspecified atom stereocenters. The zero-order valence-electron chi connectivity index (χ0n) is 8.41. The molecule has 0 fully saturated rings. The first-order chi connectivity index (χ1) is 7.59. The summed E-state index contributed by atoms with van der Waals surface area (Å²) in [6.07, 6.45) is 2.40. The highest BCUT2D eigenvalue weighted by atomic mass is 19.1. The van der Waals surface area contributed by atoms with Crippen molar-refractivity contribution in [3.63, 3.8) is 0 Å². The van der Waals surface area contributed by atoms with Gasteiger partial charge in [0, 0.05) is 30.8 Å². The molecule has 5 heteroatoms. The van der Waals surface area contributed by atoms with Crippen LogP contribution in [-0.2, 0) is 11.3 Å². The van der Waals surface area contributed by atoms with Crippen molar-refractivity contribution in [2.75, 3.05) is 6.54 Å². The number of carbonyl (C=O) groups is 1. The van der Waals surface area contributed by atoms with Crippen LogP contribution in [0.5, 0.6) is 0 Å². The molecule has 0 aliphatic rings. The van der Waals surface area contributed by atoms with E-state index in [1.165, 1.54) is 18.2 Å². The van der Waals surface area contributed by atoms with Gasteiger partial charge < -0.3 is 10.4 Å². The number of aliphatic carboxylic acids is 1. The standard InChI is InChI=1S/C11H11F2NO2/c12-9-4-3-8(10(13)6-9)7-14-5-1-2-11(15)16/h1-4,6,14H,5,7H2,(H,15,16)/b2-1+. The van der Waals surface area contributed by atoms with Gasteiger partial charge in [-0.2, -0.15) is 0 Å². The van der Waals surface area contributed by atoms with Crippen LogP contribution in [-0.4, -0.2) is 17.6 Å². The first kappa shape index (κ1) is 12.3. The lowest BCUT2D eigenvalue weighted by Crippen LogP contribution is -2.14. The summed E-state index contributed by atoms with van der Waals surface area (Å²) in [5.41, 5.74) is 0.338. The lowest BCUT2D eigenvalue weighted by Gasteiger charge is -2.03. The van der Waals surface area contributed by atoms with Crippen LogP contribution in [0, 0.1) is 11.6 Å². The molecular weight excluding hydrogens is 216 g/mol. The quantitative estimate of drug-likeness (QED) is 0.594. The van der Waals surface area contributed by atoms with Crippen molar-refractivity contribution in [1.29, 1.82) is 0 Å². The predicted molar refractivity (Wildman–Crippen MR) is 54.8 cm³/mol. The Kier molecular flexibility index (Phi) is 4.60. The Balaban J connectivity index is 2.40. The van der Waals surface area contributed by atoms with Gasteiger partial charge in [-0.1, -0.05) is 12.1 Å². The molecule has 3 nitrogen and oxygen atoms in total. The van der Waals surface area contributed by atoms with Gasteiger partial charge in [0.15, 0.2) is 0 Å². The second-order valence-electron chi connectivity index (χ2n) is 3.11. The summed E-state index contributed by atoms with van der Waals surface area (Å²) in [5, 5.41) is 11.1. The Bertz CT molecular complexity index is 405. The van der Waals surface area contributed by atoms with Gasteiger partial charge in [0.2, 0.25) is 0 Å². The van der Waals surface area contributed by atoms with Gasteiger partial charge in [0.1, 0.15) is 11.6 Å². The first-order valence-electron chi connectivity index (χ1n) is 4.63. The van der Waals surface area contributed by atoms with E-state index in [-0.39, 0.29) is 6.54 Å². The monoisotopic (exact) mass is 227 g/mol. The molecule has 0 aliphatic carbocycles. The molecule has 0 aromatic heterocycles. The molecule has 0 aliphatic heterocycles. The number of hydrogen-bond acceptors (Lipinski definition) is 2. The van der Waals surface area contributed by atoms with E-state index in [4.69, 9.17) is 5.11 Å². The molecule has 86 valence electrons. The summed E-state index contributed by atoms with van der Waals surface area (Å²) < 4.78 is 25.6. The van der Waals surface area contributed by atoms with Crippen LogP contribution < -0.4 is 5.32 Å². The summed E-state index contributed by atoms with van der Waals surface area (Å²) in [5.74, 6) is -2.27. The van der Waals surface area contributed by atoms with E-state index in [1.54, 1.807) is 0 Å². The van der Waals surface area contributed by atoms with Crippen molar-refractivity contribution < 1.29 is 18.7 Å². The predicted octanol–water partition coefficient (Wildman–Crippen LogP) is 1.70. The normalized spacial score (nSPS) is 10.9. The molecule has 1 aromatic rings. The average molecular weight is 227 g/mol. The zero-order valence-corrected chi connectivity index (χ0v) is 8.41. The number of hydrogen-bond donors (Lipinski definition) is 2. The van der Waals surface area contributed by atoms with Crippen molar-refractivity contribution >= 4 is 5.97 Å². The summed E-state index contributed by atoms with van der Waals surface area (Å²) in [4.78, 5) is 10.1. The van der Waals surface area contributed by atoms with Crippen molar-refractivity contribution in [1.82, 2.24) is 5.32 Å². The third-order valence-electron chi connectivity index (χ3n) is 1.85. The van der Waals surface area contributed by atoms with Crippen LogP contribution in [0.15, 0.2) is 30.4 Å². The molecule has 2 N–H and O–H groups in total. The fourth-order valence-electron chi connectivity index (χ4n) is 1.11. The Morgan fingerprint density at radius 2 is 2.19 bits per heavy atom. The molecule has 0 spiro atoms. The molecule has 1 aromatic carbocycles. The molecule has 16 heavy (non-hydrogen) atoms. The molecule has 0 radical (unpaired) electrons. The lowest BCUT2D eigenvalue weighted by molar-refractivity contribution is -0.131. The van der Waals surface area contributed by atoms with Crippen LogP contribution in [0.2, 0.25) is 0 Å².